The molecule has 1 aromatic rings. The molecule has 0 fully saturated rings. The van der Waals surface area contributed by atoms with Gasteiger partial charge in [0.2, 0.25) is 0 Å². The third-order valence-corrected chi connectivity index (χ3v) is 3.48. The molecular weight excluding hydrogens is 234 g/mol. The molecule has 80 valence electrons. The molecule has 0 aliphatic heterocycles. The van der Waals surface area contributed by atoms with E-state index in [4.69, 9.17) is 16.9 Å². The van der Waals surface area contributed by atoms with Crippen LogP contribution in [0.3, 0.4) is 0 Å². The Morgan fingerprint density at radius 2 is 2.07 bits per heavy atom. The molecule has 0 spiro atoms. The second kappa shape index (κ2) is 4.65. The summed E-state index contributed by atoms with van der Waals surface area (Å²) in [5.74, 6) is -0.499. The molecule has 0 radical (unpaired) electrons. The molecule has 5 heteroatoms. The summed E-state index contributed by atoms with van der Waals surface area (Å²) in [7, 11) is -3.31. The summed E-state index contributed by atoms with van der Waals surface area (Å²) in [4.78, 5) is 0.178. The smallest absolute Gasteiger partial charge is 0.175 e. The highest BCUT2D eigenvalue weighted by Gasteiger charge is 2.18. The Hall–Kier alpha value is -1.05. The monoisotopic (exact) mass is 243 g/mol. The van der Waals surface area contributed by atoms with Crippen molar-refractivity contribution >= 4 is 21.4 Å². The van der Waals surface area contributed by atoms with Crippen LogP contribution in [0.15, 0.2) is 29.2 Å². The highest BCUT2D eigenvalue weighted by atomic mass is 35.5. The minimum atomic E-state index is -3.31. The summed E-state index contributed by atoms with van der Waals surface area (Å²) in [6, 6.07) is 8.41. The predicted octanol–water partition coefficient (Wildman–Crippen LogP) is 1.94. The largest absolute Gasteiger partial charge is 0.224 e. The topological polar surface area (TPSA) is 57.9 Å². The fraction of sp³-hybridized carbons (Fsp3) is 0.300. The van der Waals surface area contributed by atoms with Gasteiger partial charge in [0.1, 0.15) is 0 Å². The lowest BCUT2D eigenvalue weighted by Crippen LogP contribution is -2.06. The number of rotatable bonds is 3. The molecule has 0 saturated heterocycles. The Bertz CT molecular complexity index is 490. The predicted molar refractivity (Wildman–Crippen MR) is 58.6 cm³/mol. The molecule has 0 saturated carbocycles. The van der Waals surface area contributed by atoms with E-state index in [9.17, 15) is 8.42 Å². The molecule has 0 aliphatic carbocycles. The van der Waals surface area contributed by atoms with E-state index in [1.165, 1.54) is 6.07 Å². The first-order valence-corrected chi connectivity index (χ1v) is 6.68. The molecule has 0 amide bonds. The van der Waals surface area contributed by atoms with E-state index in [-0.39, 0.29) is 10.8 Å². The Kier molecular flexibility index (Phi) is 3.72. The molecule has 1 aromatic carbocycles. The van der Waals surface area contributed by atoms with Crippen LogP contribution in [0.5, 0.6) is 0 Å². The van der Waals surface area contributed by atoms with E-state index in [1.54, 1.807) is 18.2 Å². The standard InChI is InChI=1S/C10H10ClNO2S/c1-15(13,14)10-5-3-2-4-9(10)8(6-11)7-12/h2-5,8H,6H2,1H3. The van der Waals surface area contributed by atoms with Crippen LogP contribution < -0.4 is 0 Å². The van der Waals surface area contributed by atoms with Crippen LogP contribution in [-0.2, 0) is 9.84 Å². The van der Waals surface area contributed by atoms with E-state index < -0.39 is 15.8 Å². The van der Waals surface area contributed by atoms with Gasteiger partial charge in [0.05, 0.1) is 16.9 Å². The second-order valence-electron chi connectivity index (χ2n) is 3.15. The third-order valence-electron chi connectivity index (χ3n) is 2.00. The summed E-state index contributed by atoms with van der Waals surface area (Å²) in [5, 5.41) is 8.84. The minimum Gasteiger partial charge on any atom is -0.224 e. The van der Waals surface area contributed by atoms with Gasteiger partial charge in [0, 0.05) is 12.1 Å². The number of halogens is 1. The average molecular weight is 244 g/mol. The fourth-order valence-corrected chi connectivity index (χ4v) is 2.49. The molecular formula is C10H10ClNO2S. The summed E-state index contributed by atoms with van der Waals surface area (Å²) in [6.45, 7) is 0. The zero-order valence-electron chi connectivity index (χ0n) is 8.14. The Balaban J connectivity index is 3.38. The molecule has 0 N–H and O–H groups in total. The summed E-state index contributed by atoms with van der Waals surface area (Å²) in [5.41, 5.74) is 0.470. The van der Waals surface area contributed by atoms with Crippen molar-refractivity contribution < 1.29 is 8.42 Å². The number of sulfone groups is 1. The van der Waals surface area contributed by atoms with Crippen molar-refractivity contribution in [1.82, 2.24) is 0 Å². The molecule has 0 bridgehead atoms. The minimum absolute atomic E-state index is 0.0863. The van der Waals surface area contributed by atoms with Crippen molar-refractivity contribution in [2.75, 3.05) is 12.1 Å². The molecule has 1 rings (SSSR count). The number of nitriles is 1. The molecule has 0 heterocycles. The third kappa shape index (κ3) is 2.71. The van der Waals surface area contributed by atoms with Crippen LogP contribution in [0.4, 0.5) is 0 Å². The maximum absolute atomic E-state index is 11.4. The lowest BCUT2D eigenvalue weighted by molar-refractivity contribution is 0.600. The van der Waals surface area contributed by atoms with E-state index in [0.29, 0.717) is 5.56 Å². The average Bonchev–Trinajstić information content (AvgIpc) is 2.19. The number of alkyl halides is 1. The normalized spacial score (nSPS) is 13.1. The first kappa shape index (κ1) is 12.0. The van der Waals surface area contributed by atoms with E-state index in [0.717, 1.165) is 6.26 Å². The fourth-order valence-electron chi connectivity index (χ4n) is 1.29. The lowest BCUT2D eigenvalue weighted by Gasteiger charge is -2.10. The van der Waals surface area contributed by atoms with Gasteiger partial charge in [-0.15, -0.1) is 11.6 Å². The van der Waals surface area contributed by atoms with Crippen molar-refractivity contribution in [3.63, 3.8) is 0 Å². The molecule has 1 unspecified atom stereocenters. The molecule has 3 nitrogen and oxygen atoms in total. The van der Waals surface area contributed by atoms with Crippen LogP contribution in [-0.4, -0.2) is 20.6 Å². The van der Waals surface area contributed by atoms with Gasteiger partial charge in [-0.3, -0.25) is 0 Å². The molecule has 0 aliphatic rings. The SMILES string of the molecule is CS(=O)(=O)c1ccccc1C(C#N)CCl. The maximum atomic E-state index is 11.4. The van der Waals surface area contributed by atoms with Crippen molar-refractivity contribution in [2.45, 2.75) is 10.8 Å². The number of benzene rings is 1. The number of nitrogens with zero attached hydrogens (tertiary/aromatic N) is 1. The molecule has 1 atom stereocenters. The van der Waals surface area contributed by atoms with Crippen LogP contribution in [0, 0.1) is 11.3 Å². The second-order valence-corrected chi connectivity index (χ2v) is 5.44. The van der Waals surface area contributed by atoms with E-state index in [1.807, 2.05) is 6.07 Å². The van der Waals surface area contributed by atoms with Crippen LogP contribution in [0.1, 0.15) is 11.5 Å². The maximum Gasteiger partial charge on any atom is 0.175 e. The van der Waals surface area contributed by atoms with E-state index >= 15 is 0 Å². The number of hydrogen-bond donors (Lipinski definition) is 0. The highest BCUT2D eigenvalue weighted by molar-refractivity contribution is 7.90. The van der Waals surface area contributed by atoms with Crippen molar-refractivity contribution in [1.29, 1.82) is 5.26 Å². The van der Waals surface area contributed by atoms with Crippen LogP contribution in [0.25, 0.3) is 0 Å². The van der Waals surface area contributed by atoms with Crippen molar-refractivity contribution in [3.05, 3.63) is 29.8 Å². The Labute approximate surface area is 94.2 Å². The van der Waals surface area contributed by atoms with Gasteiger partial charge in [-0.25, -0.2) is 8.42 Å². The summed E-state index contributed by atoms with van der Waals surface area (Å²) in [6.07, 6.45) is 1.12. The zero-order valence-corrected chi connectivity index (χ0v) is 9.72. The Morgan fingerprint density at radius 3 is 2.53 bits per heavy atom. The zero-order chi connectivity index (χ0) is 11.5. The van der Waals surface area contributed by atoms with Gasteiger partial charge in [-0.2, -0.15) is 5.26 Å². The summed E-state index contributed by atoms with van der Waals surface area (Å²) >= 11 is 5.61. The van der Waals surface area contributed by atoms with Crippen LogP contribution in [0.2, 0.25) is 0 Å². The van der Waals surface area contributed by atoms with Gasteiger partial charge in [-0.05, 0) is 11.6 Å². The summed E-state index contributed by atoms with van der Waals surface area (Å²) < 4.78 is 22.9. The van der Waals surface area contributed by atoms with Gasteiger partial charge >= 0.3 is 0 Å². The van der Waals surface area contributed by atoms with Gasteiger partial charge in [0.15, 0.2) is 9.84 Å². The first-order valence-electron chi connectivity index (χ1n) is 4.25. The van der Waals surface area contributed by atoms with Crippen molar-refractivity contribution in [2.24, 2.45) is 0 Å². The molecule has 0 aromatic heterocycles. The van der Waals surface area contributed by atoms with Gasteiger partial charge in [-0.1, -0.05) is 18.2 Å². The van der Waals surface area contributed by atoms with Gasteiger partial charge < -0.3 is 0 Å². The Morgan fingerprint density at radius 1 is 1.47 bits per heavy atom. The highest BCUT2D eigenvalue weighted by Crippen LogP contribution is 2.24. The number of hydrogen-bond acceptors (Lipinski definition) is 3. The first-order chi connectivity index (χ1) is 7.00. The van der Waals surface area contributed by atoms with Crippen LogP contribution >= 0.6 is 11.6 Å². The van der Waals surface area contributed by atoms with E-state index in [2.05, 4.69) is 0 Å². The lowest BCUT2D eigenvalue weighted by atomic mass is 10.0. The molecule has 15 heavy (non-hydrogen) atoms. The quantitative estimate of drug-likeness (QED) is 0.763. The van der Waals surface area contributed by atoms with Crippen molar-refractivity contribution in [3.8, 4) is 6.07 Å². The van der Waals surface area contributed by atoms with Gasteiger partial charge in [0.25, 0.3) is 0 Å².